The first-order valence-corrected chi connectivity index (χ1v) is 7.57. The fourth-order valence-corrected chi connectivity index (χ4v) is 3.42. The van der Waals surface area contributed by atoms with Gasteiger partial charge in [-0.15, -0.1) is 0 Å². The Morgan fingerprint density at radius 2 is 1.80 bits per heavy atom. The molecular formula is C15H20ClNO3. The number of hydrogen-bond acceptors (Lipinski definition) is 4. The normalized spacial score (nSPS) is 21.8. The van der Waals surface area contributed by atoms with E-state index in [0.29, 0.717) is 16.5 Å². The van der Waals surface area contributed by atoms with Crippen LogP contribution >= 0.6 is 11.6 Å². The molecule has 1 aromatic carbocycles. The lowest BCUT2D eigenvalue weighted by atomic mass is 9.81. The van der Waals surface area contributed by atoms with Gasteiger partial charge in [0.2, 0.25) is 6.79 Å². The summed E-state index contributed by atoms with van der Waals surface area (Å²) in [6, 6.07) is 3.02. The summed E-state index contributed by atoms with van der Waals surface area (Å²) in [5, 5.41) is 11.0. The van der Waals surface area contributed by atoms with Crippen LogP contribution in [0.3, 0.4) is 0 Å². The Morgan fingerprint density at radius 3 is 2.50 bits per heavy atom. The minimum Gasteiger partial charge on any atom is -0.454 e. The van der Waals surface area contributed by atoms with E-state index in [0.717, 1.165) is 18.4 Å². The van der Waals surface area contributed by atoms with Crippen LogP contribution in [-0.2, 0) is 0 Å². The van der Waals surface area contributed by atoms with Crippen molar-refractivity contribution in [2.45, 2.75) is 44.2 Å². The van der Waals surface area contributed by atoms with Crippen molar-refractivity contribution in [2.24, 2.45) is 11.7 Å². The molecule has 0 unspecified atom stereocenters. The Bertz CT molecular complexity index is 488. The number of aliphatic hydroxyl groups excluding tert-OH is 1. The number of fused-ring (bicyclic) bond motifs is 1. The molecule has 1 aliphatic heterocycles. The molecule has 0 spiro atoms. The van der Waals surface area contributed by atoms with Crippen molar-refractivity contribution in [3.05, 3.63) is 22.7 Å². The van der Waals surface area contributed by atoms with E-state index in [1.165, 1.54) is 19.3 Å². The molecule has 0 saturated heterocycles. The Labute approximate surface area is 123 Å². The number of rotatable bonds is 3. The van der Waals surface area contributed by atoms with Gasteiger partial charge in [0.25, 0.3) is 0 Å². The molecular weight excluding hydrogens is 278 g/mol. The van der Waals surface area contributed by atoms with Gasteiger partial charge in [0, 0.05) is 11.1 Å². The lowest BCUT2D eigenvalue weighted by Crippen LogP contribution is -2.34. The number of halogens is 1. The molecule has 0 amide bonds. The summed E-state index contributed by atoms with van der Waals surface area (Å²) in [6.07, 6.45) is 5.11. The second kappa shape index (κ2) is 5.80. The largest absolute Gasteiger partial charge is 0.454 e. The molecule has 5 heteroatoms. The SMILES string of the molecule is N[C@@H](c1cc2c(cc1Cl)OCO2)[C@H](O)C1CCCCC1. The van der Waals surface area contributed by atoms with Gasteiger partial charge in [-0.2, -0.15) is 0 Å². The van der Waals surface area contributed by atoms with Crippen molar-refractivity contribution in [3.8, 4) is 11.5 Å². The molecule has 2 atom stereocenters. The summed E-state index contributed by atoms with van der Waals surface area (Å²) in [5.41, 5.74) is 6.96. The van der Waals surface area contributed by atoms with E-state index in [4.69, 9.17) is 26.8 Å². The standard InChI is InChI=1S/C15H20ClNO3/c16-11-7-13-12(19-8-20-13)6-10(11)14(17)15(18)9-4-2-1-3-5-9/h6-7,9,14-15,18H,1-5,8,17H2/t14-,15+/m0/s1. The number of benzene rings is 1. The number of hydrogen-bond donors (Lipinski definition) is 2. The molecule has 2 aliphatic rings. The molecule has 0 radical (unpaired) electrons. The first-order chi connectivity index (χ1) is 9.66. The van der Waals surface area contributed by atoms with Crippen LogP contribution in [0, 0.1) is 5.92 Å². The Hall–Kier alpha value is -0.970. The summed E-state index contributed by atoms with van der Waals surface area (Å²) in [4.78, 5) is 0. The van der Waals surface area contributed by atoms with Crippen LogP contribution in [0.2, 0.25) is 5.02 Å². The minimum atomic E-state index is -0.562. The van der Waals surface area contributed by atoms with E-state index in [9.17, 15) is 5.11 Å². The van der Waals surface area contributed by atoms with Gasteiger partial charge in [0.15, 0.2) is 11.5 Å². The van der Waals surface area contributed by atoms with Crippen LogP contribution in [0.4, 0.5) is 0 Å². The Balaban J connectivity index is 1.80. The summed E-state index contributed by atoms with van der Waals surface area (Å²) >= 11 is 6.26. The maximum Gasteiger partial charge on any atom is 0.231 e. The average Bonchev–Trinajstić information content (AvgIpc) is 2.93. The van der Waals surface area contributed by atoms with Gasteiger partial charge in [-0.3, -0.25) is 0 Å². The molecule has 1 aromatic rings. The van der Waals surface area contributed by atoms with E-state index in [1.54, 1.807) is 12.1 Å². The lowest BCUT2D eigenvalue weighted by molar-refractivity contribution is 0.0618. The topological polar surface area (TPSA) is 64.7 Å². The predicted octanol–water partition coefficient (Wildman–Crippen LogP) is 3.01. The molecule has 1 saturated carbocycles. The van der Waals surface area contributed by atoms with Gasteiger partial charge in [0.1, 0.15) is 0 Å². The van der Waals surface area contributed by atoms with Gasteiger partial charge >= 0.3 is 0 Å². The van der Waals surface area contributed by atoms with Crippen LogP contribution in [0.1, 0.15) is 43.7 Å². The predicted molar refractivity (Wildman–Crippen MR) is 77.1 cm³/mol. The van der Waals surface area contributed by atoms with Crippen LogP contribution in [0.5, 0.6) is 11.5 Å². The second-order valence-electron chi connectivity index (χ2n) is 5.64. The highest BCUT2D eigenvalue weighted by Gasteiger charge is 2.30. The third-order valence-corrected chi connectivity index (χ3v) is 4.68. The molecule has 1 heterocycles. The maximum atomic E-state index is 10.5. The first kappa shape index (κ1) is 14.0. The van der Waals surface area contributed by atoms with Crippen molar-refractivity contribution in [1.29, 1.82) is 0 Å². The molecule has 4 nitrogen and oxygen atoms in total. The molecule has 3 rings (SSSR count). The van der Waals surface area contributed by atoms with Gasteiger partial charge < -0.3 is 20.3 Å². The number of nitrogens with two attached hydrogens (primary N) is 1. The fraction of sp³-hybridized carbons (Fsp3) is 0.600. The number of aliphatic hydroxyl groups is 1. The van der Waals surface area contributed by atoms with Crippen molar-refractivity contribution in [1.82, 2.24) is 0 Å². The highest BCUT2D eigenvalue weighted by atomic mass is 35.5. The highest BCUT2D eigenvalue weighted by molar-refractivity contribution is 6.31. The van der Waals surface area contributed by atoms with Gasteiger partial charge in [-0.05, 0) is 30.4 Å². The van der Waals surface area contributed by atoms with Gasteiger partial charge in [-0.1, -0.05) is 30.9 Å². The third kappa shape index (κ3) is 2.60. The van der Waals surface area contributed by atoms with E-state index < -0.39 is 12.1 Å². The Morgan fingerprint density at radius 1 is 1.15 bits per heavy atom. The Kier molecular flexibility index (Phi) is 4.06. The smallest absolute Gasteiger partial charge is 0.231 e. The summed E-state index contributed by atoms with van der Waals surface area (Å²) in [5.74, 6) is 1.55. The zero-order chi connectivity index (χ0) is 14.1. The summed E-state index contributed by atoms with van der Waals surface area (Å²) in [6.45, 7) is 0.204. The lowest BCUT2D eigenvalue weighted by Gasteiger charge is -2.31. The second-order valence-corrected chi connectivity index (χ2v) is 6.05. The highest BCUT2D eigenvalue weighted by Crippen LogP contribution is 2.40. The molecule has 1 fully saturated rings. The monoisotopic (exact) mass is 297 g/mol. The van der Waals surface area contributed by atoms with Crippen LogP contribution in [0.25, 0.3) is 0 Å². The number of ether oxygens (including phenoxy) is 2. The van der Waals surface area contributed by atoms with E-state index in [1.807, 2.05) is 0 Å². The zero-order valence-electron chi connectivity index (χ0n) is 11.3. The molecule has 0 aromatic heterocycles. The minimum absolute atomic E-state index is 0.204. The average molecular weight is 298 g/mol. The van der Waals surface area contributed by atoms with E-state index in [-0.39, 0.29) is 12.7 Å². The maximum absolute atomic E-state index is 10.5. The van der Waals surface area contributed by atoms with Gasteiger partial charge in [-0.25, -0.2) is 0 Å². The zero-order valence-corrected chi connectivity index (χ0v) is 12.1. The van der Waals surface area contributed by atoms with Gasteiger partial charge in [0.05, 0.1) is 12.1 Å². The fourth-order valence-electron chi connectivity index (χ4n) is 3.14. The molecule has 20 heavy (non-hydrogen) atoms. The first-order valence-electron chi connectivity index (χ1n) is 7.19. The quantitative estimate of drug-likeness (QED) is 0.900. The van der Waals surface area contributed by atoms with Crippen LogP contribution in [0.15, 0.2) is 12.1 Å². The van der Waals surface area contributed by atoms with Crippen LogP contribution < -0.4 is 15.2 Å². The third-order valence-electron chi connectivity index (χ3n) is 4.35. The van der Waals surface area contributed by atoms with Crippen LogP contribution in [-0.4, -0.2) is 18.0 Å². The van der Waals surface area contributed by atoms with E-state index in [2.05, 4.69) is 0 Å². The molecule has 110 valence electrons. The molecule has 1 aliphatic carbocycles. The summed E-state index contributed by atoms with van der Waals surface area (Å²) in [7, 11) is 0. The molecule has 3 N–H and O–H groups in total. The summed E-state index contributed by atoms with van der Waals surface area (Å²) < 4.78 is 10.6. The van der Waals surface area contributed by atoms with Crippen molar-refractivity contribution in [3.63, 3.8) is 0 Å². The molecule has 0 bridgehead atoms. The van der Waals surface area contributed by atoms with Crippen molar-refractivity contribution in [2.75, 3.05) is 6.79 Å². The van der Waals surface area contributed by atoms with E-state index >= 15 is 0 Å². The van der Waals surface area contributed by atoms with Crippen molar-refractivity contribution >= 4 is 11.6 Å². The van der Waals surface area contributed by atoms with Crippen molar-refractivity contribution < 1.29 is 14.6 Å².